The summed E-state index contributed by atoms with van der Waals surface area (Å²) in [5, 5.41) is 0. The molecule has 1 aromatic carbocycles. The molecule has 3 nitrogen and oxygen atoms in total. The minimum absolute atomic E-state index is 0.250. The van der Waals surface area contributed by atoms with E-state index < -0.39 is 0 Å². The SMILES string of the molecule is CN(CC1CCOCC1)c1ccc(N)cc1F. The van der Waals surface area contributed by atoms with E-state index in [1.807, 2.05) is 11.9 Å². The maximum atomic E-state index is 13.7. The van der Waals surface area contributed by atoms with Crippen molar-refractivity contribution in [1.82, 2.24) is 0 Å². The van der Waals surface area contributed by atoms with Gasteiger partial charge in [0.25, 0.3) is 0 Å². The Hall–Kier alpha value is -1.29. The number of hydrogen-bond acceptors (Lipinski definition) is 3. The van der Waals surface area contributed by atoms with Crippen molar-refractivity contribution in [1.29, 1.82) is 0 Å². The molecule has 4 heteroatoms. The van der Waals surface area contributed by atoms with Crippen LogP contribution in [0.4, 0.5) is 15.8 Å². The number of benzene rings is 1. The molecule has 0 aliphatic carbocycles. The van der Waals surface area contributed by atoms with Crippen LogP contribution in [0.3, 0.4) is 0 Å². The lowest BCUT2D eigenvalue weighted by molar-refractivity contribution is 0.0685. The molecule has 17 heavy (non-hydrogen) atoms. The van der Waals surface area contributed by atoms with Gasteiger partial charge in [-0.15, -0.1) is 0 Å². The Kier molecular flexibility index (Phi) is 3.84. The van der Waals surface area contributed by atoms with E-state index in [4.69, 9.17) is 10.5 Å². The lowest BCUT2D eigenvalue weighted by Crippen LogP contribution is -2.30. The zero-order valence-corrected chi connectivity index (χ0v) is 10.2. The van der Waals surface area contributed by atoms with Crippen LogP contribution in [0, 0.1) is 11.7 Å². The number of halogens is 1. The van der Waals surface area contributed by atoms with Crippen LogP contribution in [0.25, 0.3) is 0 Å². The normalized spacial score (nSPS) is 17.1. The van der Waals surface area contributed by atoms with Crippen molar-refractivity contribution in [3.63, 3.8) is 0 Å². The maximum Gasteiger partial charge on any atom is 0.148 e. The van der Waals surface area contributed by atoms with Crippen molar-refractivity contribution < 1.29 is 9.13 Å². The first-order valence-corrected chi connectivity index (χ1v) is 6.00. The molecule has 0 aromatic heterocycles. The molecule has 0 spiro atoms. The number of hydrogen-bond donors (Lipinski definition) is 1. The van der Waals surface area contributed by atoms with Crippen molar-refractivity contribution in [2.45, 2.75) is 12.8 Å². The summed E-state index contributed by atoms with van der Waals surface area (Å²) in [6.45, 7) is 2.51. The summed E-state index contributed by atoms with van der Waals surface area (Å²) in [5.41, 5.74) is 6.62. The molecule has 0 atom stereocenters. The van der Waals surface area contributed by atoms with Crippen molar-refractivity contribution >= 4 is 11.4 Å². The Morgan fingerprint density at radius 1 is 1.41 bits per heavy atom. The minimum Gasteiger partial charge on any atom is -0.399 e. The van der Waals surface area contributed by atoms with Crippen molar-refractivity contribution in [2.24, 2.45) is 5.92 Å². The van der Waals surface area contributed by atoms with E-state index in [-0.39, 0.29) is 5.82 Å². The highest BCUT2D eigenvalue weighted by atomic mass is 19.1. The summed E-state index contributed by atoms with van der Waals surface area (Å²) >= 11 is 0. The van der Waals surface area contributed by atoms with Crippen molar-refractivity contribution in [2.75, 3.05) is 37.4 Å². The lowest BCUT2D eigenvalue weighted by Gasteiger charge is -2.28. The number of nitrogens with two attached hydrogens (primary N) is 1. The molecular weight excluding hydrogens is 219 g/mol. The van der Waals surface area contributed by atoms with Crippen LogP contribution in [0.2, 0.25) is 0 Å². The largest absolute Gasteiger partial charge is 0.399 e. The van der Waals surface area contributed by atoms with Gasteiger partial charge in [-0.3, -0.25) is 0 Å². The number of ether oxygens (including phenoxy) is 1. The van der Waals surface area contributed by atoms with Gasteiger partial charge in [0, 0.05) is 32.5 Å². The van der Waals surface area contributed by atoms with Gasteiger partial charge in [-0.25, -0.2) is 4.39 Å². The Labute approximate surface area is 101 Å². The molecule has 1 fully saturated rings. The van der Waals surface area contributed by atoms with Gasteiger partial charge >= 0.3 is 0 Å². The lowest BCUT2D eigenvalue weighted by atomic mass is 9.99. The molecule has 1 aliphatic rings. The average Bonchev–Trinajstić information content (AvgIpc) is 2.30. The van der Waals surface area contributed by atoms with Crippen LogP contribution in [-0.4, -0.2) is 26.8 Å². The number of nitrogen functional groups attached to an aromatic ring is 1. The van der Waals surface area contributed by atoms with Gasteiger partial charge in [0.05, 0.1) is 5.69 Å². The second kappa shape index (κ2) is 5.36. The zero-order chi connectivity index (χ0) is 12.3. The van der Waals surface area contributed by atoms with E-state index in [1.165, 1.54) is 6.07 Å². The van der Waals surface area contributed by atoms with Gasteiger partial charge in [-0.05, 0) is 37.0 Å². The van der Waals surface area contributed by atoms with Gasteiger partial charge in [-0.2, -0.15) is 0 Å². The van der Waals surface area contributed by atoms with Crippen LogP contribution in [0.1, 0.15) is 12.8 Å². The molecule has 0 bridgehead atoms. The first-order valence-electron chi connectivity index (χ1n) is 6.00. The fourth-order valence-electron chi connectivity index (χ4n) is 2.25. The van der Waals surface area contributed by atoms with Crippen molar-refractivity contribution in [3.8, 4) is 0 Å². The molecule has 0 saturated carbocycles. The van der Waals surface area contributed by atoms with Crippen LogP contribution in [0.15, 0.2) is 18.2 Å². The fourth-order valence-corrected chi connectivity index (χ4v) is 2.25. The number of anilines is 2. The monoisotopic (exact) mass is 238 g/mol. The third-order valence-electron chi connectivity index (χ3n) is 3.26. The molecule has 1 heterocycles. The van der Waals surface area contributed by atoms with E-state index in [0.29, 0.717) is 17.3 Å². The smallest absolute Gasteiger partial charge is 0.148 e. The summed E-state index contributed by atoms with van der Waals surface area (Å²) in [7, 11) is 1.92. The van der Waals surface area contributed by atoms with Crippen LogP contribution in [0.5, 0.6) is 0 Å². The Balaban J connectivity index is 2.00. The number of rotatable bonds is 3. The molecule has 1 aliphatic heterocycles. The topological polar surface area (TPSA) is 38.5 Å². The fraction of sp³-hybridized carbons (Fsp3) is 0.538. The highest BCUT2D eigenvalue weighted by Crippen LogP contribution is 2.23. The molecule has 0 radical (unpaired) electrons. The minimum atomic E-state index is -0.250. The summed E-state index contributed by atoms with van der Waals surface area (Å²) in [6, 6.07) is 4.85. The van der Waals surface area contributed by atoms with Crippen molar-refractivity contribution in [3.05, 3.63) is 24.0 Å². The van der Waals surface area contributed by atoms with Gasteiger partial charge in [-0.1, -0.05) is 0 Å². The molecule has 2 rings (SSSR count). The van der Waals surface area contributed by atoms with E-state index >= 15 is 0 Å². The molecule has 1 saturated heterocycles. The maximum absolute atomic E-state index is 13.7. The van der Waals surface area contributed by atoms with Crippen LogP contribution in [-0.2, 0) is 4.74 Å². The summed E-state index contributed by atoms with van der Waals surface area (Å²) < 4.78 is 19.0. The molecule has 2 N–H and O–H groups in total. The predicted molar refractivity (Wildman–Crippen MR) is 67.6 cm³/mol. The average molecular weight is 238 g/mol. The zero-order valence-electron chi connectivity index (χ0n) is 10.2. The van der Waals surface area contributed by atoms with Gasteiger partial charge < -0.3 is 15.4 Å². The third-order valence-corrected chi connectivity index (χ3v) is 3.26. The summed E-state index contributed by atoms with van der Waals surface area (Å²) in [5.74, 6) is 0.338. The molecule has 94 valence electrons. The predicted octanol–water partition coefficient (Wildman–Crippen LogP) is 2.27. The first-order chi connectivity index (χ1) is 8.16. The molecule has 0 unspecified atom stereocenters. The quantitative estimate of drug-likeness (QED) is 0.821. The van der Waals surface area contributed by atoms with E-state index in [1.54, 1.807) is 12.1 Å². The van der Waals surface area contributed by atoms with E-state index in [0.717, 1.165) is 32.6 Å². The Morgan fingerprint density at radius 3 is 2.76 bits per heavy atom. The standard InChI is InChI=1S/C13H19FN2O/c1-16(9-10-4-6-17-7-5-10)13-3-2-11(15)8-12(13)14/h2-3,8,10H,4-7,9,15H2,1H3. The van der Waals surface area contributed by atoms with Crippen LogP contribution >= 0.6 is 0 Å². The third kappa shape index (κ3) is 3.09. The van der Waals surface area contributed by atoms with E-state index in [9.17, 15) is 4.39 Å². The van der Waals surface area contributed by atoms with Crippen LogP contribution < -0.4 is 10.6 Å². The second-order valence-corrected chi connectivity index (χ2v) is 4.65. The summed E-state index contributed by atoms with van der Waals surface area (Å²) in [4.78, 5) is 1.96. The van der Waals surface area contributed by atoms with Gasteiger partial charge in [0.15, 0.2) is 0 Å². The summed E-state index contributed by atoms with van der Waals surface area (Å²) in [6.07, 6.45) is 2.11. The van der Waals surface area contributed by atoms with Gasteiger partial charge in [0.2, 0.25) is 0 Å². The number of nitrogens with zero attached hydrogens (tertiary/aromatic N) is 1. The highest BCUT2D eigenvalue weighted by Gasteiger charge is 2.17. The van der Waals surface area contributed by atoms with Gasteiger partial charge in [0.1, 0.15) is 5.82 Å². The first kappa shape index (κ1) is 12.2. The molecule has 1 aromatic rings. The Bertz CT molecular complexity index is 378. The Morgan fingerprint density at radius 2 is 2.12 bits per heavy atom. The molecule has 0 amide bonds. The molecular formula is C13H19FN2O. The second-order valence-electron chi connectivity index (χ2n) is 4.65. The highest BCUT2D eigenvalue weighted by molar-refractivity contribution is 5.54. The van der Waals surface area contributed by atoms with E-state index in [2.05, 4.69) is 0 Å².